The van der Waals surface area contributed by atoms with E-state index in [0.717, 1.165) is 5.56 Å². The quantitative estimate of drug-likeness (QED) is 0.613. The Hall–Kier alpha value is -1.43. The van der Waals surface area contributed by atoms with Crippen LogP contribution in [0.1, 0.15) is 36.7 Å². The number of benzene rings is 1. The molecule has 0 radical (unpaired) electrons. The molecule has 21 heavy (non-hydrogen) atoms. The highest BCUT2D eigenvalue weighted by Gasteiger charge is 2.25. The van der Waals surface area contributed by atoms with Gasteiger partial charge in [0.15, 0.2) is 6.61 Å². The van der Waals surface area contributed by atoms with Gasteiger partial charge in [-0.25, -0.2) is 13.6 Å². The van der Waals surface area contributed by atoms with Crippen molar-refractivity contribution in [3.05, 3.63) is 29.3 Å². The van der Waals surface area contributed by atoms with Gasteiger partial charge in [-0.3, -0.25) is 0 Å². The van der Waals surface area contributed by atoms with Gasteiger partial charge in [-0.2, -0.15) is 0 Å². The zero-order valence-corrected chi connectivity index (χ0v) is 14.2. The molecule has 0 bridgehead atoms. The molecule has 0 N–H and O–H groups in total. The number of ether oxygens (including phenoxy) is 1. The number of carbonyl (C=O) groups is 1. The molecular weight excluding hydrogens is 294 g/mol. The third-order valence-electron chi connectivity index (χ3n) is 2.74. The van der Waals surface area contributed by atoms with Crippen molar-refractivity contribution < 1.29 is 22.7 Å². The summed E-state index contributed by atoms with van der Waals surface area (Å²) in [7, 11) is -1.46. The molecule has 1 rings (SSSR count). The van der Waals surface area contributed by atoms with Crippen LogP contribution >= 0.6 is 0 Å². The predicted octanol–water partition coefficient (Wildman–Crippen LogP) is 3.77. The Morgan fingerprint density at radius 3 is 2.38 bits per heavy atom. The number of hydrogen-bond donors (Lipinski definition) is 0. The van der Waals surface area contributed by atoms with E-state index in [-0.39, 0.29) is 11.0 Å². The SMILES string of the molecule is C[SiH](C)Oc1c(C(=O)OCC(F)F)cccc1C(C)(C)C. The second-order valence-electron chi connectivity index (χ2n) is 6.09. The minimum atomic E-state index is -2.68. The average molecular weight is 316 g/mol. The Morgan fingerprint density at radius 1 is 1.29 bits per heavy atom. The Morgan fingerprint density at radius 2 is 1.90 bits per heavy atom. The van der Waals surface area contributed by atoms with Crippen LogP contribution in [-0.2, 0) is 10.2 Å². The Balaban J connectivity index is 3.21. The van der Waals surface area contributed by atoms with Crippen LogP contribution in [0, 0.1) is 0 Å². The van der Waals surface area contributed by atoms with Crippen LogP contribution in [0.25, 0.3) is 0 Å². The van der Waals surface area contributed by atoms with Crippen molar-refractivity contribution in [2.45, 2.75) is 45.7 Å². The third kappa shape index (κ3) is 5.11. The predicted molar refractivity (Wildman–Crippen MR) is 80.9 cm³/mol. The van der Waals surface area contributed by atoms with Crippen molar-refractivity contribution in [3.63, 3.8) is 0 Å². The van der Waals surface area contributed by atoms with E-state index in [1.165, 1.54) is 0 Å². The lowest BCUT2D eigenvalue weighted by molar-refractivity contribution is 0.0158. The molecule has 0 saturated heterocycles. The normalized spacial score (nSPS) is 11.9. The second kappa shape index (κ2) is 7.02. The highest BCUT2D eigenvalue weighted by Crippen LogP contribution is 2.35. The maximum Gasteiger partial charge on any atom is 0.342 e. The summed E-state index contributed by atoms with van der Waals surface area (Å²) < 4.78 is 34.9. The number of rotatable bonds is 5. The second-order valence-corrected chi connectivity index (χ2v) is 8.42. The summed E-state index contributed by atoms with van der Waals surface area (Å²) in [6.07, 6.45) is -2.68. The molecule has 0 aliphatic carbocycles. The zero-order chi connectivity index (χ0) is 16.2. The van der Waals surface area contributed by atoms with Crippen molar-refractivity contribution >= 4 is 15.0 Å². The Bertz CT molecular complexity index is 496. The molecular formula is C15H22F2O3Si. The van der Waals surface area contributed by atoms with E-state index in [9.17, 15) is 13.6 Å². The summed E-state index contributed by atoms with van der Waals surface area (Å²) in [5, 5.41) is 0. The van der Waals surface area contributed by atoms with Crippen LogP contribution in [0.3, 0.4) is 0 Å². The summed E-state index contributed by atoms with van der Waals surface area (Å²) in [6.45, 7) is 9.07. The maximum atomic E-state index is 12.2. The smallest absolute Gasteiger partial charge is 0.342 e. The molecule has 0 atom stereocenters. The van der Waals surface area contributed by atoms with Gasteiger partial charge in [0.25, 0.3) is 6.43 Å². The van der Waals surface area contributed by atoms with Gasteiger partial charge in [0, 0.05) is 0 Å². The molecule has 1 aromatic carbocycles. The average Bonchev–Trinajstić information content (AvgIpc) is 2.34. The summed E-state index contributed by atoms with van der Waals surface area (Å²) in [5.41, 5.74) is 0.858. The van der Waals surface area contributed by atoms with E-state index in [0.29, 0.717) is 5.75 Å². The minimum absolute atomic E-state index is 0.212. The first-order valence-corrected chi connectivity index (χ1v) is 9.66. The summed E-state index contributed by atoms with van der Waals surface area (Å²) in [5.74, 6) is -0.308. The molecule has 0 aliphatic heterocycles. The van der Waals surface area contributed by atoms with Crippen LogP contribution in [-0.4, -0.2) is 28.0 Å². The van der Waals surface area contributed by atoms with Crippen LogP contribution in [0.2, 0.25) is 13.1 Å². The van der Waals surface area contributed by atoms with Gasteiger partial charge in [-0.15, -0.1) is 0 Å². The van der Waals surface area contributed by atoms with Crippen LogP contribution in [0.15, 0.2) is 18.2 Å². The number of halogens is 2. The van der Waals surface area contributed by atoms with Crippen LogP contribution in [0.4, 0.5) is 8.78 Å². The summed E-state index contributed by atoms with van der Waals surface area (Å²) in [4.78, 5) is 12.0. The highest BCUT2D eigenvalue weighted by atomic mass is 28.3. The molecule has 0 amide bonds. The van der Waals surface area contributed by atoms with Gasteiger partial charge in [0.1, 0.15) is 11.3 Å². The molecule has 3 nitrogen and oxygen atoms in total. The molecule has 0 aliphatic rings. The van der Waals surface area contributed by atoms with Gasteiger partial charge in [-0.1, -0.05) is 32.9 Å². The Labute approximate surface area is 126 Å². The number of carbonyl (C=O) groups excluding carboxylic acids is 1. The van der Waals surface area contributed by atoms with Crippen LogP contribution < -0.4 is 4.43 Å². The standard InChI is InChI=1S/C15H22F2O3Si/c1-15(2,3)11-8-6-7-10(13(11)20-21(4)5)14(18)19-9-12(16)17/h6-8,12,21H,9H2,1-5H3. The first-order valence-electron chi connectivity index (χ1n) is 6.88. The Kier molecular flexibility index (Phi) is 5.89. The number of hydrogen-bond acceptors (Lipinski definition) is 3. The van der Waals surface area contributed by atoms with E-state index in [2.05, 4.69) is 4.74 Å². The fourth-order valence-electron chi connectivity index (χ4n) is 1.87. The fraction of sp³-hybridized carbons (Fsp3) is 0.533. The molecule has 1 aromatic rings. The van der Waals surface area contributed by atoms with E-state index in [4.69, 9.17) is 4.43 Å². The van der Waals surface area contributed by atoms with Gasteiger partial charge in [0.2, 0.25) is 9.04 Å². The topological polar surface area (TPSA) is 35.5 Å². The van der Waals surface area contributed by atoms with Crippen molar-refractivity contribution in [1.82, 2.24) is 0 Å². The zero-order valence-electron chi connectivity index (χ0n) is 13.1. The molecule has 0 spiro atoms. The molecule has 118 valence electrons. The van der Waals surface area contributed by atoms with E-state index in [1.807, 2.05) is 39.9 Å². The molecule has 0 aromatic heterocycles. The first-order chi connectivity index (χ1) is 9.62. The first kappa shape index (κ1) is 17.6. The largest absolute Gasteiger partial charge is 0.546 e. The third-order valence-corrected chi connectivity index (χ3v) is 3.44. The van der Waals surface area contributed by atoms with Crippen molar-refractivity contribution in [3.8, 4) is 5.75 Å². The fourth-order valence-corrected chi connectivity index (χ4v) is 2.59. The lowest BCUT2D eigenvalue weighted by Gasteiger charge is -2.25. The van der Waals surface area contributed by atoms with Gasteiger partial charge in [0.05, 0.1) is 0 Å². The highest BCUT2D eigenvalue weighted by molar-refractivity contribution is 6.49. The van der Waals surface area contributed by atoms with Gasteiger partial charge in [-0.05, 0) is 30.1 Å². The summed E-state index contributed by atoms with van der Waals surface area (Å²) in [6, 6.07) is 5.15. The number of para-hydroxylation sites is 1. The van der Waals surface area contributed by atoms with Crippen molar-refractivity contribution in [1.29, 1.82) is 0 Å². The summed E-state index contributed by atoms with van der Waals surface area (Å²) >= 11 is 0. The van der Waals surface area contributed by atoms with Crippen molar-refractivity contribution in [2.24, 2.45) is 0 Å². The van der Waals surface area contributed by atoms with Gasteiger partial charge < -0.3 is 9.16 Å². The number of alkyl halides is 2. The monoisotopic (exact) mass is 316 g/mol. The lowest BCUT2D eigenvalue weighted by atomic mass is 9.85. The molecule has 0 fully saturated rings. The molecule has 0 heterocycles. The molecule has 6 heteroatoms. The van der Waals surface area contributed by atoms with E-state index < -0.39 is 28.0 Å². The minimum Gasteiger partial charge on any atom is -0.546 e. The van der Waals surface area contributed by atoms with Crippen LogP contribution in [0.5, 0.6) is 5.75 Å². The lowest BCUT2D eigenvalue weighted by Crippen LogP contribution is -2.22. The number of esters is 1. The van der Waals surface area contributed by atoms with Crippen molar-refractivity contribution in [2.75, 3.05) is 6.61 Å². The van der Waals surface area contributed by atoms with Gasteiger partial charge >= 0.3 is 5.97 Å². The molecule has 0 saturated carbocycles. The van der Waals surface area contributed by atoms with E-state index >= 15 is 0 Å². The maximum absolute atomic E-state index is 12.2. The van der Waals surface area contributed by atoms with E-state index in [1.54, 1.807) is 12.1 Å². The molecule has 0 unspecified atom stereocenters.